The van der Waals surface area contributed by atoms with Crippen LogP contribution in [-0.4, -0.2) is 11.2 Å². The standard InChI is InChI=1S/C29H50O/c1-19(2)20(3)8-9-21(4)24-13-16-29(7)26-11-10-22-18-23(30)12-15-27(22,5)25(26)14-17-28(24,29)6/h19-24,30H,8-18H2,1-7H3/t20-,21-,22-,23+,24-,27+,28-,29+/m1/s1. The minimum Gasteiger partial charge on any atom is -0.393 e. The van der Waals surface area contributed by atoms with Gasteiger partial charge in [-0.2, -0.15) is 0 Å². The summed E-state index contributed by atoms with van der Waals surface area (Å²) in [6, 6.07) is 0. The van der Waals surface area contributed by atoms with Gasteiger partial charge in [-0.15, -0.1) is 0 Å². The van der Waals surface area contributed by atoms with Crippen molar-refractivity contribution in [2.24, 2.45) is 45.8 Å². The van der Waals surface area contributed by atoms with E-state index < -0.39 is 0 Å². The Bertz CT molecular complexity index is 676. The molecule has 172 valence electrons. The number of fused-ring (bicyclic) bond motifs is 4. The maximum absolute atomic E-state index is 10.3. The summed E-state index contributed by atoms with van der Waals surface area (Å²) in [7, 11) is 0. The topological polar surface area (TPSA) is 20.2 Å². The number of aliphatic hydroxyl groups excluding tert-OH is 1. The number of aliphatic hydroxyl groups is 1. The van der Waals surface area contributed by atoms with E-state index in [9.17, 15) is 5.11 Å². The molecule has 0 saturated heterocycles. The Labute approximate surface area is 187 Å². The van der Waals surface area contributed by atoms with Gasteiger partial charge < -0.3 is 5.11 Å². The average molecular weight is 415 g/mol. The number of rotatable bonds is 5. The molecule has 1 N–H and O–H groups in total. The predicted molar refractivity (Wildman–Crippen MR) is 128 cm³/mol. The van der Waals surface area contributed by atoms with Crippen LogP contribution in [0.2, 0.25) is 0 Å². The van der Waals surface area contributed by atoms with Crippen LogP contribution in [0.15, 0.2) is 11.1 Å². The fraction of sp³-hybridized carbons (Fsp3) is 0.931. The second-order valence-electron chi connectivity index (χ2n) is 13.2. The predicted octanol–water partition coefficient (Wildman–Crippen LogP) is 8.17. The molecule has 8 atom stereocenters. The molecule has 4 aliphatic rings. The van der Waals surface area contributed by atoms with E-state index in [0.717, 1.165) is 42.4 Å². The molecule has 0 aromatic rings. The van der Waals surface area contributed by atoms with Gasteiger partial charge in [-0.05, 0) is 104 Å². The summed E-state index contributed by atoms with van der Waals surface area (Å²) in [6.45, 7) is 17.8. The SMILES string of the molecule is CC(C)[C@H](C)CC[C@@H](C)[C@H]1CC[C@@]2(C)C3=C(CC[C@]12C)[C@@]1(C)CC[C@H](O)C[C@H]1CC3. The van der Waals surface area contributed by atoms with Gasteiger partial charge in [0.1, 0.15) is 0 Å². The van der Waals surface area contributed by atoms with Gasteiger partial charge in [0.25, 0.3) is 0 Å². The van der Waals surface area contributed by atoms with Gasteiger partial charge in [0.2, 0.25) is 0 Å². The van der Waals surface area contributed by atoms with E-state index >= 15 is 0 Å². The molecule has 4 rings (SSSR count). The van der Waals surface area contributed by atoms with E-state index in [-0.39, 0.29) is 6.10 Å². The average Bonchev–Trinajstić information content (AvgIpc) is 2.97. The first-order valence-corrected chi connectivity index (χ1v) is 13.4. The quantitative estimate of drug-likeness (QED) is 0.450. The van der Waals surface area contributed by atoms with Crippen LogP contribution >= 0.6 is 0 Å². The van der Waals surface area contributed by atoms with Gasteiger partial charge in [0.05, 0.1) is 6.10 Å². The first-order valence-electron chi connectivity index (χ1n) is 13.4. The minimum atomic E-state index is -0.0420. The molecule has 4 aliphatic carbocycles. The van der Waals surface area contributed by atoms with Crippen LogP contribution in [-0.2, 0) is 0 Å². The summed E-state index contributed by atoms with van der Waals surface area (Å²) in [5.74, 6) is 4.15. The van der Waals surface area contributed by atoms with Crippen LogP contribution in [0, 0.1) is 45.8 Å². The Morgan fingerprint density at radius 1 is 0.867 bits per heavy atom. The normalized spacial score (nSPS) is 45.7. The minimum absolute atomic E-state index is 0.0420. The molecule has 0 aliphatic heterocycles. The summed E-state index contributed by atoms with van der Waals surface area (Å²) in [4.78, 5) is 0. The van der Waals surface area contributed by atoms with Crippen molar-refractivity contribution in [2.45, 2.75) is 125 Å². The Morgan fingerprint density at radius 3 is 2.30 bits per heavy atom. The third kappa shape index (κ3) is 3.36. The molecule has 30 heavy (non-hydrogen) atoms. The fourth-order valence-electron chi connectivity index (χ4n) is 8.84. The second kappa shape index (κ2) is 7.93. The molecule has 0 heterocycles. The largest absolute Gasteiger partial charge is 0.393 e. The summed E-state index contributed by atoms with van der Waals surface area (Å²) in [5.41, 5.74) is 5.06. The highest BCUT2D eigenvalue weighted by Gasteiger charge is 2.61. The summed E-state index contributed by atoms with van der Waals surface area (Å²) in [5, 5.41) is 10.3. The lowest BCUT2D eigenvalue weighted by Gasteiger charge is -2.59. The van der Waals surface area contributed by atoms with Crippen molar-refractivity contribution in [1.29, 1.82) is 0 Å². The molecule has 0 amide bonds. The van der Waals surface area contributed by atoms with Crippen LogP contribution in [0.25, 0.3) is 0 Å². The molecule has 1 heteroatoms. The molecule has 0 spiro atoms. The van der Waals surface area contributed by atoms with E-state index in [1.54, 1.807) is 0 Å². The Hall–Kier alpha value is -0.300. The zero-order chi connectivity index (χ0) is 21.9. The first kappa shape index (κ1) is 22.9. The van der Waals surface area contributed by atoms with Crippen molar-refractivity contribution in [2.75, 3.05) is 0 Å². The maximum atomic E-state index is 10.3. The number of hydrogen-bond donors (Lipinski definition) is 1. The molecule has 1 nitrogen and oxygen atoms in total. The highest BCUT2D eigenvalue weighted by Crippen LogP contribution is 2.71. The summed E-state index contributed by atoms with van der Waals surface area (Å²) in [6.07, 6.45) is 14.3. The van der Waals surface area contributed by atoms with Crippen molar-refractivity contribution < 1.29 is 5.11 Å². The van der Waals surface area contributed by atoms with E-state index in [1.807, 2.05) is 11.1 Å². The molecule has 0 unspecified atom stereocenters. The van der Waals surface area contributed by atoms with Gasteiger partial charge in [0.15, 0.2) is 0 Å². The Balaban J connectivity index is 1.58. The first-order chi connectivity index (χ1) is 14.0. The van der Waals surface area contributed by atoms with Gasteiger partial charge in [-0.3, -0.25) is 0 Å². The smallest absolute Gasteiger partial charge is 0.0543 e. The van der Waals surface area contributed by atoms with Crippen LogP contribution in [0.5, 0.6) is 0 Å². The van der Waals surface area contributed by atoms with Crippen molar-refractivity contribution in [3.63, 3.8) is 0 Å². The molecule has 2 saturated carbocycles. The Kier molecular flexibility index (Phi) is 6.05. The van der Waals surface area contributed by atoms with E-state index in [0.29, 0.717) is 16.2 Å². The molecule has 0 aromatic carbocycles. The molecule has 0 radical (unpaired) electrons. The molecule has 0 aromatic heterocycles. The zero-order valence-corrected chi connectivity index (χ0v) is 21.2. The van der Waals surface area contributed by atoms with Crippen LogP contribution < -0.4 is 0 Å². The van der Waals surface area contributed by atoms with E-state index in [1.165, 1.54) is 57.8 Å². The lowest BCUT2D eigenvalue weighted by Crippen LogP contribution is -2.49. The number of hydrogen-bond acceptors (Lipinski definition) is 1. The second-order valence-corrected chi connectivity index (χ2v) is 13.2. The Morgan fingerprint density at radius 2 is 1.60 bits per heavy atom. The van der Waals surface area contributed by atoms with E-state index in [4.69, 9.17) is 0 Å². The third-order valence-corrected chi connectivity index (χ3v) is 11.7. The van der Waals surface area contributed by atoms with Crippen molar-refractivity contribution >= 4 is 0 Å². The van der Waals surface area contributed by atoms with Crippen molar-refractivity contribution in [3.8, 4) is 0 Å². The maximum Gasteiger partial charge on any atom is 0.0543 e. The van der Waals surface area contributed by atoms with Crippen molar-refractivity contribution in [1.82, 2.24) is 0 Å². The lowest BCUT2D eigenvalue weighted by atomic mass is 9.46. The van der Waals surface area contributed by atoms with Gasteiger partial charge in [-0.1, -0.05) is 72.5 Å². The highest BCUT2D eigenvalue weighted by molar-refractivity contribution is 5.38. The van der Waals surface area contributed by atoms with E-state index in [2.05, 4.69) is 48.5 Å². The van der Waals surface area contributed by atoms with Crippen LogP contribution in [0.1, 0.15) is 119 Å². The zero-order valence-electron chi connectivity index (χ0n) is 21.2. The van der Waals surface area contributed by atoms with Crippen LogP contribution in [0.3, 0.4) is 0 Å². The lowest BCUT2D eigenvalue weighted by molar-refractivity contribution is -0.00530. The highest BCUT2D eigenvalue weighted by atomic mass is 16.3. The monoisotopic (exact) mass is 414 g/mol. The summed E-state index contributed by atoms with van der Waals surface area (Å²) < 4.78 is 0. The number of allylic oxidation sites excluding steroid dienone is 2. The van der Waals surface area contributed by atoms with Gasteiger partial charge in [-0.25, -0.2) is 0 Å². The molecular formula is C29H50O. The summed E-state index contributed by atoms with van der Waals surface area (Å²) >= 11 is 0. The fourth-order valence-corrected chi connectivity index (χ4v) is 8.84. The van der Waals surface area contributed by atoms with Gasteiger partial charge >= 0.3 is 0 Å². The molecular weight excluding hydrogens is 364 g/mol. The van der Waals surface area contributed by atoms with Crippen LogP contribution in [0.4, 0.5) is 0 Å². The third-order valence-electron chi connectivity index (χ3n) is 11.7. The van der Waals surface area contributed by atoms with Crippen molar-refractivity contribution in [3.05, 3.63) is 11.1 Å². The molecule has 2 fully saturated rings. The molecule has 0 bridgehead atoms. The van der Waals surface area contributed by atoms with Gasteiger partial charge in [0, 0.05) is 0 Å².